The van der Waals surface area contributed by atoms with Crippen LogP contribution in [-0.4, -0.2) is 40.9 Å². The average Bonchev–Trinajstić information content (AvgIpc) is 2.41. The van der Waals surface area contributed by atoms with Gasteiger partial charge in [-0.25, -0.2) is 0 Å². The van der Waals surface area contributed by atoms with E-state index in [1.807, 2.05) is 12.1 Å². The van der Waals surface area contributed by atoms with Gasteiger partial charge in [0.25, 0.3) is 0 Å². The zero-order valence-corrected chi connectivity index (χ0v) is 13.9. The van der Waals surface area contributed by atoms with Gasteiger partial charge in [0.15, 0.2) is 0 Å². The Morgan fingerprint density at radius 3 is 2.52 bits per heavy atom. The molecule has 2 N–H and O–H groups in total. The molecule has 0 saturated carbocycles. The third kappa shape index (κ3) is 4.11. The Bertz CT molecular complexity index is 463. The zero-order valence-electron chi connectivity index (χ0n) is 12.4. The second kappa shape index (κ2) is 7.30. The van der Waals surface area contributed by atoms with Crippen molar-refractivity contribution in [3.63, 3.8) is 0 Å². The molecule has 118 valence electrons. The standard InChI is InChI=1S/C16H23Cl2NO2/c1-2-4-16(11-20)10-19(5-3-15(16)21)9-12-6-13(17)8-14(18)7-12/h6-8,15,20-21H,2-5,9-11H2,1H3/t15-,16-/m1/s1. The summed E-state index contributed by atoms with van der Waals surface area (Å²) in [6.07, 6.45) is 2.04. The predicted octanol–water partition coefficient (Wildman–Crippen LogP) is 3.34. The van der Waals surface area contributed by atoms with Crippen LogP contribution in [0, 0.1) is 5.41 Å². The van der Waals surface area contributed by atoms with E-state index in [2.05, 4.69) is 11.8 Å². The molecule has 0 bridgehead atoms. The molecule has 1 aromatic carbocycles. The summed E-state index contributed by atoms with van der Waals surface area (Å²) in [7, 11) is 0. The van der Waals surface area contributed by atoms with E-state index in [0.29, 0.717) is 23.0 Å². The lowest BCUT2D eigenvalue weighted by atomic mass is 9.74. The van der Waals surface area contributed by atoms with Crippen molar-refractivity contribution in [2.75, 3.05) is 19.7 Å². The summed E-state index contributed by atoms with van der Waals surface area (Å²) in [5.74, 6) is 0. The first-order chi connectivity index (χ1) is 9.99. The van der Waals surface area contributed by atoms with E-state index >= 15 is 0 Å². The number of likely N-dealkylation sites (tertiary alicyclic amines) is 1. The minimum absolute atomic E-state index is 0.0226. The maximum absolute atomic E-state index is 10.3. The lowest BCUT2D eigenvalue weighted by Crippen LogP contribution is -2.53. The smallest absolute Gasteiger partial charge is 0.0642 e. The first-order valence-electron chi connectivity index (χ1n) is 7.45. The third-order valence-corrected chi connectivity index (χ3v) is 4.79. The average molecular weight is 332 g/mol. The van der Waals surface area contributed by atoms with Gasteiger partial charge in [-0.15, -0.1) is 0 Å². The molecule has 21 heavy (non-hydrogen) atoms. The van der Waals surface area contributed by atoms with Gasteiger partial charge >= 0.3 is 0 Å². The molecule has 0 aromatic heterocycles. The van der Waals surface area contributed by atoms with Crippen molar-refractivity contribution in [2.45, 2.75) is 38.8 Å². The number of nitrogens with zero attached hydrogens (tertiary/aromatic N) is 1. The molecular formula is C16H23Cl2NO2. The van der Waals surface area contributed by atoms with Crippen molar-refractivity contribution in [1.29, 1.82) is 0 Å². The highest BCUT2D eigenvalue weighted by atomic mass is 35.5. The third-order valence-electron chi connectivity index (χ3n) is 4.36. The van der Waals surface area contributed by atoms with Crippen molar-refractivity contribution in [1.82, 2.24) is 4.90 Å². The van der Waals surface area contributed by atoms with Crippen LogP contribution >= 0.6 is 23.2 Å². The quantitative estimate of drug-likeness (QED) is 0.869. The van der Waals surface area contributed by atoms with E-state index in [-0.39, 0.29) is 6.61 Å². The monoisotopic (exact) mass is 331 g/mol. The minimum atomic E-state index is -0.429. The van der Waals surface area contributed by atoms with Crippen molar-refractivity contribution in [3.05, 3.63) is 33.8 Å². The number of piperidine rings is 1. The number of aliphatic hydroxyl groups is 2. The summed E-state index contributed by atoms with van der Waals surface area (Å²) in [5.41, 5.74) is 0.655. The van der Waals surface area contributed by atoms with E-state index in [4.69, 9.17) is 23.2 Å². The fraction of sp³-hybridized carbons (Fsp3) is 0.625. The van der Waals surface area contributed by atoms with Gasteiger partial charge in [0.05, 0.1) is 12.7 Å². The van der Waals surface area contributed by atoms with Crippen molar-refractivity contribution in [2.24, 2.45) is 5.41 Å². The summed E-state index contributed by atoms with van der Waals surface area (Å²) in [5, 5.41) is 21.4. The van der Waals surface area contributed by atoms with Crippen LogP contribution in [-0.2, 0) is 6.54 Å². The Balaban J connectivity index is 2.10. The van der Waals surface area contributed by atoms with Gasteiger partial charge in [0.2, 0.25) is 0 Å². The van der Waals surface area contributed by atoms with Crippen LogP contribution in [0.5, 0.6) is 0 Å². The second-order valence-electron chi connectivity index (χ2n) is 6.06. The zero-order chi connectivity index (χ0) is 15.5. The van der Waals surface area contributed by atoms with E-state index in [0.717, 1.165) is 31.5 Å². The minimum Gasteiger partial charge on any atom is -0.396 e. The maximum atomic E-state index is 10.3. The molecule has 2 atom stereocenters. The molecule has 0 unspecified atom stereocenters. The lowest BCUT2D eigenvalue weighted by molar-refractivity contribution is -0.0819. The molecule has 0 amide bonds. The van der Waals surface area contributed by atoms with Crippen LogP contribution in [0.2, 0.25) is 10.0 Å². The van der Waals surface area contributed by atoms with Gasteiger partial charge in [-0.05, 0) is 36.6 Å². The van der Waals surface area contributed by atoms with Crippen LogP contribution in [0.15, 0.2) is 18.2 Å². The summed E-state index contributed by atoms with van der Waals surface area (Å²) in [6.45, 7) is 4.35. The lowest BCUT2D eigenvalue weighted by Gasteiger charge is -2.45. The van der Waals surface area contributed by atoms with Gasteiger partial charge in [-0.2, -0.15) is 0 Å². The van der Waals surface area contributed by atoms with Crippen LogP contribution < -0.4 is 0 Å². The molecule has 3 nitrogen and oxygen atoms in total. The molecule has 0 aliphatic carbocycles. The summed E-state index contributed by atoms with van der Waals surface area (Å²) in [6, 6.07) is 5.56. The molecule has 0 radical (unpaired) electrons. The highest BCUT2D eigenvalue weighted by molar-refractivity contribution is 6.34. The second-order valence-corrected chi connectivity index (χ2v) is 6.94. The Hall–Kier alpha value is -0.320. The summed E-state index contributed by atoms with van der Waals surface area (Å²) >= 11 is 12.1. The summed E-state index contributed by atoms with van der Waals surface area (Å²) in [4.78, 5) is 2.26. The molecule has 1 aliphatic heterocycles. The van der Waals surface area contributed by atoms with Crippen LogP contribution in [0.4, 0.5) is 0 Å². The van der Waals surface area contributed by atoms with Gasteiger partial charge in [0.1, 0.15) is 0 Å². The molecule has 2 rings (SSSR count). The highest BCUT2D eigenvalue weighted by Crippen LogP contribution is 2.35. The maximum Gasteiger partial charge on any atom is 0.0642 e. The number of hydrogen-bond acceptors (Lipinski definition) is 3. The van der Waals surface area contributed by atoms with Crippen molar-refractivity contribution < 1.29 is 10.2 Å². The topological polar surface area (TPSA) is 43.7 Å². The van der Waals surface area contributed by atoms with Crippen LogP contribution in [0.3, 0.4) is 0 Å². The van der Waals surface area contributed by atoms with Crippen LogP contribution in [0.25, 0.3) is 0 Å². The van der Waals surface area contributed by atoms with Gasteiger partial charge in [-0.3, -0.25) is 4.90 Å². The predicted molar refractivity (Wildman–Crippen MR) is 86.8 cm³/mol. The van der Waals surface area contributed by atoms with Crippen molar-refractivity contribution >= 4 is 23.2 Å². The molecule has 1 aromatic rings. The van der Waals surface area contributed by atoms with Gasteiger partial charge in [-0.1, -0.05) is 36.5 Å². The Labute approximate surface area is 136 Å². The van der Waals surface area contributed by atoms with Crippen LogP contribution in [0.1, 0.15) is 31.7 Å². The first-order valence-corrected chi connectivity index (χ1v) is 8.21. The number of rotatable bonds is 5. The number of halogens is 2. The Morgan fingerprint density at radius 2 is 1.95 bits per heavy atom. The van der Waals surface area contributed by atoms with Gasteiger partial charge < -0.3 is 10.2 Å². The van der Waals surface area contributed by atoms with E-state index in [9.17, 15) is 10.2 Å². The molecule has 1 aliphatic rings. The number of benzene rings is 1. The van der Waals surface area contributed by atoms with Crippen molar-refractivity contribution in [3.8, 4) is 0 Å². The Kier molecular flexibility index (Phi) is 5.92. The summed E-state index contributed by atoms with van der Waals surface area (Å²) < 4.78 is 0. The molecule has 0 spiro atoms. The SMILES string of the molecule is CCC[C@]1(CO)CN(Cc2cc(Cl)cc(Cl)c2)CC[C@H]1O. The normalized spacial score (nSPS) is 27.0. The highest BCUT2D eigenvalue weighted by Gasteiger charge is 2.41. The largest absolute Gasteiger partial charge is 0.396 e. The van der Waals surface area contributed by atoms with E-state index in [1.54, 1.807) is 6.07 Å². The van der Waals surface area contributed by atoms with E-state index < -0.39 is 11.5 Å². The molecular weight excluding hydrogens is 309 g/mol. The fourth-order valence-corrected chi connectivity index (χ4v) is 3.89. The molecule has 1 fully saturated rings. The number of aliphatic hydroxyl groups excluding tert-OH is 2. The van der Waals surface area contributed by atoms with Gasteiger partial charge in [0, 0.05) is 35.1 Å². The molecule has 1 saturated heterocycles. The fourth-order valence-electron chi connectivity index (χ4n) is 3.31. The molecule has 5 heteroatoms. The Morgan fingerprint density at radius 1 is 1.29 bits per heavy atom. The number of hydrogen-bond donors (Lipinski definition) is 2. The first kappa shape index (κ1) is 17.0. The molecule has 1 heterocycles. The van der Waals surface area contributed by atoms with E-state index in [1.165, 1.54) is 0 Å².